The van der Waals surface area contributed by atoms with Crippen LogP contribution in [0.25, 0.3) is 10.8 Å². The van der Waals surface area contributed by atoms with Gasteiger partial charge in [-0.3, -0.25) is 0 Å². The summed E-state index contributed by atoms with van der Waals surface area (Å²) in [4.78, 5) is 10.8. The molecule has 0 bridgehead atoms. The zero-order valence-corrected chi connectivity index (χ0v) is 8.74. The first-order valence-corrected chi connectivity index (χ1v) is 4.82. The van der Waals surface area contributed by atoms with E-state index in [2.05, 4.69) is 13.0 Å². The number of carboxylic acid groups (broad SMARTS) is 1. The first kappa shape index (κ1) is 9.71. The molecule has 76 valence electrons. The van der Waals surface area contributed by atoms with Crippen molar-refractivity contribution < 1.29 is 9.90 Å². The van der Waals surface area contributed by atoms with E-state index in [4.69, 9.17) is 5.11 Å². The Morgan fingerprint density at radius 2 is 1.60 bits per heavy atom. The second-order valence-corrected chi connectivity index (χ2v) is 3.80. The highest BCUT2D eigenvalue weighted by molar-refractivity contribution is 5.94. The molecule has 0 aromatic heterocycles. The Hall–Kier alpha value is -1.83. The fourth-order valence-electron chi connectivity index (χ4n) is 1.66. The van der Waals surface area contributed by atoms with Crippen molar-refractivity contribution in [2.45, 2.75) is 13.8 Å². The molecule has 0 amide bonds. The minimum atomic E-state index is -0.880. The van der Waals surface area contributed by atoms with Crippen molar-refractivity contribution in [3.63, 3.8) is 0 Å². The second kappa shape index (κ2) is 3.39. The Morgan fingerprint density at radius 1 is 1.00 bits per heavy atom. The standard InChI is InChI=1S/C13H12O2/c1-8-5-10-3-4-11(13(14)15)7-12(10)6-9(8)2/h3-7H,1-2H3,(H,14,15). The Labute approximate surface area is 88.2 Å². The minimum Gasteiger partial charge on any atom is -0.478 e. The Balaban J connectivity index is 2.72. The lowest BCUT2D eigenvalue weighted by Crippen LogP contribution is -1.95. The van der Waals surface area contributed by atoms with E-state index in [1.165, 1.54) is 11.1 Å². The smallest absolute Gasteiger partial charge is 0.335 e. The van der Waals surface area contributed by atoms with Gasteiger partial charge >= 0.3 is 5.97 Å². The largest absolute Gasteiger partial charge is 0.478 e. The summed E-state index contributed by atoms with van der Waals surface area (Å²) in [5.41, 5.74) is 2.75. The van der Waals surface area contributed by atoms with Crippen LogP contribution < -0.4 is 0 Å². The van der Waals surface area contributed by atoms with Gasteiger partial charge < -0.3 is 5.11 Å². The first-order valence-electron chi connectivity index (χ1n) is 4.82. The van der Waals surface area contributed by atoms with E-state index < -0.39 is 5.97 Å². The lowest BCUT2D eigenvalue weighted by atomic mass is 10.0. The summed E-state index contributed by atoms with van der Waals surface area (Å²) in [5, 5.41) is 10.9. The quantitative estimate of drug-likeness (QED) is 0.767. The van der Waals surface area contributed by atoms with Crippen molar-refractivity contribution in [3.05, 3.63) is 47.0 Å². The molecule has 2 aromatic carbocycles. The van der Waals surface area contributed by atoms with Crippen LogP contribution in [0.15, 0.2) is 30.3 Å². The van der Waals surface area contributed by atoms with E-state index >= 15 is 0 Å². The zero-order valence-electron chi connectivity index (χ0n) is 8.74. The van der Waals surface area contributed by atoms with Crippen LogP contribution in [0.3, 0.4) is 0 Å². The summed E-state index contributed by atoms with van der Waals surface area (Å²) in [7, 11) is 0. The van der Waals surface area contributed by atoms with Gasteiger partial charge in [-0.2, -0.15) is 0 Å². The van der Waals surface area contributed by atoms with Gasteiger partial charge in [-0.1, -0.05) is 18.2 Å². The molecule has 0 aliphatic rings. The van der Waals surface area contributed by atoms with E-state index in [1.807, 2.05) is 19.1 Å². The normalized spacial score (nSPS) is 10.5. The van der Waals surface area contributed by atoms with E-state index in [0.717, 1.165) is 10.8 Å². The van der Waals surface area contributed by atoms with Crippen LogP contribution in [0.5, 0.6) is 0 Å². The van der Waals surface area contributed by atoms with E-state index in [1.54, 1.807) is 12.1 Å². The van der Waals surface area contributed by atoms with Crippen molar-refractivity contribution in [2.24, 2.45) is 0 Å². The number of hydrogen-bond donors (Lipinski definition) is 1. The van der Waals surface area contributed by atoms with Crippen LogP contribution in [0, 0.1) is 13.8 Å². The van der Waals surface area contributed by atoms with E-state index in [0.29, 0.717) is 5.56 Å². The molecule has 0 unspecified atom stereocenters. The zero-order chi connectivity index (χ0) is 11.0. The van der Waals surface area contributed by atoms with Crippen LogP contribution in [-0.2, 0) is 0 Å². The van der Waals surface area contributed by atoms with Crippen LogP contribution in [0.1, 0.15) is 21.5 Å². The lowest BCUT2D eigenvalue weighted by molar-refractivity contribution is 0.0697. The van der Waals surface area contributed by atoms with Crippen molar-refractivity contribution in [1.29, 1.82) is 0 Å². The Kier molecular flexibility index (Phi) is 2.19. The molecular weight excluding hydrogens is 188 g/mol. The molecule has 0 saturated heterocycles. The number of rotatable bonds is 1. The van der Waals surface area contributed by atoms with Crippen molar-refractivity contribution in [3.8, 4) is 0 Å². The molecule has 2 aromatic rings. The molecule has 0 atom stereocenters. The summed E-state index contributed by atoms with van der Waals surface area (Å²) >= 11 is 0. The highest BCUT2D eigenvalue weighted by Gasteiger charge is 2.04. The fraction of sp³-hybridized carbons (Fsp3) is 0.154. The Morgan fingerprint density at radius 3 is 2.20 bits per heavy atom. The van der Waals surface area contributed by atoms with Gasteiger partial charge in [0.15, 0.2) is 0 Å². The Bertz CT molecular complexity index is 541. The third-order valence-corrected chi connectivity index (χ3v) is 2.70. The number of aryl methyl sites for hydroxylation is 2. The summed E-state index contributed by atoms with van der Waals surface area (Å²) in [6, 6.07) is 9.31. The second-order valence-electron chi connectivity index (χ2n) is 3.80. The first-order chi connectivity index (χ1) is 7.08. The minimum absolute atomic E-state index is 0.339. The number of benzene rings is 2. The SMILES string of the molecule is Cc1cc2ccc(C(=O)O)cc2cc1C. The highest BCUT2D eigenvalue weighted by atomic mass is 16.4. The highest BCUT2D eigenvalue weighted by Crippen LogP contribution is 2.20. The third-order valence-electron chi connectivity index (χ3n) is 2.70. The number of hydrogen-bond acceptors (Lipinski definition) is 1. The van der Waals surface area contributed by atoms with Crippen LogP contribution >= 0.6 is 0 Å². The maximum absolute atomic E-state index is 10.8. The van der Waals surface area contributed by atoms with Gasteiger partial charge in [0.05, 0.1) is 5.56 Å². The van der Waals surface area contributed by atoms with Gasteiger partial charge in [-0.05, 0) is 47.9 Å². The average Bonchev–Trinajstić information content (AvgIpc) is 2.19. The summed E-state index contributed by atoms with van der Waals surface area (Å²) in [5.74, 6) is -0.880. The van der Waals surface area contributed by atoms with Gasteiger partial charge in [-0.25, -0.2) is 4.79 Å². The molecule has 0 saturated carbocycles. The maximum atomic E-state index is 10.8. The van der Waals surface area contributed by atoms with Crippen molar-refractivity contribution in [2.75, 3.05) is 0 Å². The van der Waals surface area contributed by atoms with Gasteiger partial charge in [0.1, 0.15) is 0 Å². The van der Waals surface area contributed by atoms with Crippen molar-refractivity contribution in [1.82, 2.24) is 0 Å². The molecule has 2 rings (SSSR count). The molecule has 15 heavy (non-hydrogen) atoms. The molecule has 1 N–H and O–H groups in total. The third kappa shape index (κ3) is 1.71. The monoisotopic (exact) mass is 200 g/mol. The predicted molar refractivity (Wildman–Crippen MR) is 60.4 cm³/mol. The number of carboxylic acids is 1. The van der Waals surface area contributed by atoms with E-state index in [9.17, 15) is 4.79 Å². The molecule has 0 heterocycles. The summed E-state index contributed by atoms with van der Waals surface area (Å²) in [6.07, 6.45) is 0. The maximum Gasteiger partial charge on any atom is 0.335 e. The molecule has 2 heteroatoms. The molecular formula is C13H12O2. The van der Waals surface area contributed by atoms with Gasteiger partial charge in [-0.15, -0.1) is 0 Å². The fourth-order valence-corrected chi connectivity index (χ4v) is 1.66. The van der Waals surface area contributed by atoms with Gasteiger partial charge in [0.25, 0.3) is 0 Å². The van der Waals surface area contributed by atoms with Crippen LogP contribution in [-0.4, -0.2) is 11.1 Å². The molecule has 0 radical (unpaired) electrons. The molecule has 0 fully saturated rings. The number of aromatic carboxylic acids is 1. The average molecular weight is 200 g/mol. The number of fused-ring (bicyclic) bond motifs is 1. The topological polar surface area (TPSA) is 37.3 Å². The molecule has 0 aliphatic carbocycles. The molecule has 0 spiro atoms. The summed E-state index contributed by atoms with van der Waals surface area (Å²) in [6.45, 7) is 4.09. The molecule has 0 aliphatic heterocycles. The van der Waals surface area contributed by atoms with Crippen molar-refractivity contribution >= 4 is 16.7 Å². The predicted octanol–water partition coefficient (Wildman–Crippen LogP) is 3.15. The van der Waals surface area contributed by atoms with E-state index in [-0.39, 0.29) is 0 Å². The summed E-state index contributed by atoms with van der Waals surface area (Å²) < 4.78 is 0. The number of carbonyl (C=O) groups is 1. The molecule has 2 nitrogen and oxygen atoms in total. The van der Waals surface area contributed by atoms with Crippen LogP contribution in [0.4, 0.5) is 0 Å². The van der Waals surface area contributed by atoms with Gasteiger partial charge in [0, 0.05) is 0 Å². The lowest BCUT2D eigenvalue weighted by Gasteiger charge is -2.04. The van der Waals surface area contributed by atoms with Crippen LogP contribution in [0.2, 0.25) is 0 Å². The van der Waals surface area contributed by atoms with Gasteiger partial charge in [0.2, 0.25) is 0 Å².